The minimum Gasteiger partial charge on any atom is -0.355 e. The molecule has 8 aromatic carbocycles. The lowest BCUT2D eigenvalue weighted by Crippen LogP contribution is -2.02. The maximum Gasteiger partial charge on any atom is 0.164 e. The number of para-hydroxylation sites is 2. The summed E-state index contributed by atoms with van der Waals surface area (Å²) < 4.78 is 2.24. The molecule has 0 atom stereocenters. The molecule has 0 saturated carbocycles. The number of anilines is 4. The van der Waals surface area contributed by atoms with Crippen molar-refractivity contribution in [3.8, 4) is 51.0 Å². The zero-order valence-electron chi connectivity index (χ0n) is 32.9. The van der Waals surface area contributed by atoms with Crippen molar-refractivity contribution in [2.24, 2.45) is 0 Å². The van der Waals surface area contributed by atoms with E-state index < -0.39 is 0 Å². The molecular formula is C53H38N8. The first-order chi connectivity index (χ1) is 30.1. The second kappa shape index (κ2) is 16.0. The predicted octanol–water partition coefficient (Wildman–Crippen LogP) is 13.1. The van der Waals surface area contributed by atoms with E-state index in [2.05, 4.69) is 69.8 Å². The molecule has 2 heterocycles. The highest BCUT2D eigenvalue weighted by Gasteiger charge is 2.20. The van der Waals surface area contributed by atoms with E-state index in [1.54, 1.807) is 0 Å². The highest BCUT2D eigenvalue weighted by Crippen LogP contribution is 2.40. The van der Waals surface area contributed by atoms with Crippen LogP contribution in [0.4, 0.5) is 22.7 Å². The maximum atomic E-state index is 8.84. The summed E-state index contributed by atoms with van der Waals surface area (Å²) in [5.41, 5.74) is 12.6. The lowest BCUT2D eigenvalue weighted by molar-refractivity contribution is 1.07. The third-order valence-corrected chi connectivity index (χ3v) is 10.8. The second-order valence-corrected chi connectivity index (χ2v) is 14.7. The number of benzene rings is 8. The van der Waals surface area contributed by atoms with E-state index in [1.165, 1.54) is 12.4 Å². The average molecular weight is 787 g/mol. The van der Waals surface area contributed by atoms with Crippen LogP contribution in [0.15, 0.2) is 194 Å². The molecule has 4 N–H and O–H groups in total. The molecule has 0 amide bonds. The fourth-order valence-corrected chi connectivity index (χ4v) is 7.89. The van der Waals surface area contributed by atoms with Crippen molar-refractivity contribution >= 4 is 57.0 Å². The van der Waals surface area contributed by atoms with Gasteiger partial charge in [-0.2, -0.15) is 0 Å². The van der Waals surface area contributed by atoms with E-state index in [0.29, 0.717) is 17.5 Å². The summed E-state index contributed by atoms with van der Waals surface area (Å²) in [7, 11) is 0. The topological polar surface area (TPSA) is 115 Å². The molecule has 10 rings (SSSR count). The van der Waals surface area contributed by atoms with Gasteiger partial charge in [-0.15, -0.1) is 0 Å². The Morgan fingerprint density at radius 1 is 0.410 bits per heavy atom. The van der Waals surface area contributed by atoms with Gasteiger partial charge in [0.15, 0.2) is 17.5 Å². The fourth-order valence-electron chi connectivity index (χ4n) is 7.89. The van der Waals surface area contributed by atoms with Crippen molar-refractivity contribution in [2.75, 3.05) is 10.6 Å². The third kappa shape index (κ3) is 7.19. The molecule has 0 aliphatic heterocycles. The molecule has 0 bridgehead atoms. The lowest BCUT2D eigenvalue weighted by Gasteiger charge is -2.15. The Balaban J connectivity index is 1.15. The largest absolute Gasteiger partial charge is 0.355 e. The molecule has 8 nitrogen and oxygen atoms in total. The van der Waals surface area contributed by atoms with Crippen LogP contribution in [0.2, 0.25) is 0 Å². The van der Waals surface area contributed by atoms with Gasteiger partial charge in [0.05, 0.1) is 11.0 Å². The van der Waals surface area contributed by atoms with Crippen LogP contribution in [0.1, 0.15) is 11.1 Å². The SMILES string of the molecule is N=Cc1cc(-c2ccc3c(c2)c2ccc(Nc4ccccc4)c(C=N)c2n3-c2cccc(-c3nc(-c4ccccc4)nc(-c4ccccc4)n3)c2)ccc1Nc1ccccc1. The summed E-state index contributed by atoms with van der Waals surface area (Å²) in [6.45, 7) is 0. The summed E-state index contributed by atoms with van der Waals surface area (Å²) in [5.74, 6) is 1.75. The first-order valence-electron chi connectivity index (χ1n) is 20.0. The van der Waals surface area contributed by atoms with Crippen molar-refractivity contribution in [1.82, 2.24) is 19.5 Å². The number of rotatable bonds is 11. The van der Waals surface area contributed by atoms with Crippen molar-refractivity contribution in [3.63, 3.8) is 0 Å². The molecule has 0 unspecified atom stereocenters. The van der Waals surface area contributed by atoms with Gasteiger partial charge in [-0.25, -0.2) is 15.0 Å². The van der Waals surface area contributed by atoms with Gasteiger partial charge >= 0.3 is 0 Å². The van der Waals surface area contributed by atoms with Crippen LogP contribution in [-0.4, -0.2) is 31.9 Å². The Labute approximate surface area is 352 Å². The predicted molar refractivity (Wildman–Crippen MR) is 251 cm³/mol. The van der Waals surface area contributed by atoms with Gasteiger partial charge in [-0.05, 0) is 77.9 Å². The lowest BCUT2D eigenvalue weighted by atomic mass is 9.99. The summed E-state index contributed by atoms with van der Waals surface area (Å²) in [5, 5.41) is 26.2. The van der Waals surface area contributed by atoms with Crippen molar-refractivity contribution < 1.29 is 0 Å². The van der Waals surface area contributed by atoms with Crippen LogP contribution in [0.5, 0.6) is 0 Å². The van der Waals surface area contributed by atoms with Crippen LogP contribution >= 0.6 is 0 Å². The van der Waals surface area contributed by atoms with Crippen molar-refractivity contribution in [3.05, 3.63) is 205 Å². The van der Waals surface area contributed by atoms with Gasteiger partial charge in [0.2, 0.25) is 0 Å². The van der Waals surface area contributed by atoms with Gasteiger partial charge in [-0.3, -0.25) is 0 Å². The highest BCUT2D eigenvalue weighted by molar-refractivity contribution is 6.17. The minimum atomic E-state index is 0.559. The zero-order valence-corrected chi connectivity index (χ0v) is 32.9. The maximum absolute atomic E-state index is 8.84. The van der Waals surface area contributed by atoms with Crippen molar-refractivity contribution in [2.45, 2.75) is 0 Å². The summed E-state index contributed by atoms with van der Waals surface area (Å²) in [6, 6.07) is 65.1. The summed E-state index contributed by atoms with van der Waals surface area (Å²) >= 11 is 0. The van der Waals surface area contributed by atoms with Crippen LogP contribution in [0.25, 0.3) is 72.8 Å². The Kier molecular flexibility index (Phi) is 9.68. The van der Waals surface area contributed by atoms with E-state index in [0.717, 1.165) is 89.2 Å². The van der Waals surface area contributed by atoms with Crippen LogP contribution in [-0.2, 0) is 0 Å². The van der Waals surface area contributed by atoms with Gasteiger partial charge in [-0.1, -0.05) is 127 Å². The number of fused-ring (bicyclic) bond motifs is 3. The Hall–Kier alpha value is -8.49. The van der Waals surface area contributed by atoms with Gasteiger partial charge in [0.1, 0.15) is 0 Å². The minimum absolute atomic E-state index is 0.559. The first kappa shape index (κ1) is 36.8. The van der Waals surface area contributed by atoms with E-state index >= 15 is 0 Å². The monoisotopic (exact) mass is 786 g/mol. The van der Waals surface area contributed by atoms with Gasteiger partial charge in [0, 0.05) is 79.5 Å². The second-order valence-electron chi connectivity index (χ2n) is 14.7. The number of hydrogen-bond donors (Lipinski definition) is 4. The molecule has 61 heavy (non-hydrogen) atoms. The van der Waals surface area contributed by atoms with Crippen LogP contribution in [0.3, 0.4) is 0 Å². The van der Waals surface area contributed by atoms with Gasteiger partial charge < -0.3 is 26.0 Å². The molecule has 10 aromatic rings. The Bertz CT molecular complexity index is 3160. The smallest absolute Gasteiger partial charge is 0.164 e. The van der Waals surface area contributed by atoms with Gasteiger partial charge in [0.25, 0.3) is 0 Å². The van der Waals surface area contributed by atoms with E-state index in [1.807, 2.05) is 140 Å². The standard InChI is InChI=1S/C53H38N8/c54-33-40-30-37(24-27-47(40)56-41-19-9-3-10-20-41)38-25-29-49-45(32-38)44-26-28-48(57-42-21-11-4-12-22-42)46(34-55)50(44)61(49)43-23-13-18-39(31-43)53-59-51(35-14-5-1-6-15-35)58-52(60-53)36-16-7-2-8-17-36/h1-34,54-57H. The normalized spacial score (nSPS) is 11.1. The fraction of sp³-hybridized carbons (Fsp3) is 0. The third-order valence-electron chi connectivity index (χ3n) is 10.8. The molecule has 0 aliphatic rings. The first-order valence-corrected chi connectivity index (χ1v) is 20.0. The van der Waals surface area contributed by atoms with E-state index in [9.17, 15) is 0 Å². The zero-order chi connectivity index (χ0) is 41.1. The molecule has 0 fully saturated rings. The molecular weight excluding hydrogens is 749 g/mol. The quantitative estimate of drug-likeness (QED) is 0.0975. The molecule has 2 aromatic heterocycles. The Morgan fingerprint density at radius 3 is 1.54 bits per heavy atom. The molecule has 0 saturated heterocycles. The number of nitrogens with zero attached hydrogens (tertiary/aromatic N) is 4. The molecule has 290 valence electrons. The molecule has 0 spiro atoms. The average Bonchev–Trinajstić information content (AvgIpc) is 3.66. The molecule has 8 heteroatoms. The molecule has 0 radical (unpaired) electrons. The number of nitrogens with one attached hydrogen (secondary N) is 4. The number of hydrogen-bond acceptors (Lipinski definition) is 7. The summed E-state index contributed by atoms with van der Waals surface area (Å²) in [6.07, 6.45) is 2.83. The molecule has 0 aliphatic carbocycles. The van der Waals surface area contributed by atoms with E-state index in [-0.39, 0.29) is 0 Å². The highest BCUT2D eigenvalue weighted by atomic mass is 15.0. The van der Waals surface area contributed by atoms with Crippen LogP contribution in [0, 0.1) is 10.8 Å². The van der Waals surface area contributed by atoms with E-state index in [4.69, 9.17) is 25.8 Å². The summed E-state index contributed by atoms with van der Waals surface area (Å²) in [4.78, 5) is 15.0. The Morgan fingerprint density at radius 2 is 0.934 bits per heavy atom. The van der Waals surface area contributed by atoms with Crippen LogP contribution < -0.4 is 10.6 Å². The van der Waals surface area contributed by atoms with Crippen molar-refractivity contribution in [1.29, 1.82) is 10.8 Å². The number of aromatic nitrogens is 4.